The topological polar surface area (TPSA) is 74.8 Å². The monoisotopic (exact) mass is 385 g/mol. The number of anilines is 1. The van der Waals surface area contributed by atoms with E-state index in [2.05, 4.69) is 14.8 Å². The molecule has 6 nitrogen and oxygen atoms in total. The molecule has 8 heteroatoms. The van der Waals surface area contributed by atoms with Crippen LogP contribution in [0.4, 0.5) is 10.1 Å². The molecule has 0 bridgehead atoms. The smallest absolute Gasteiger partial charge is 0.237 e. The molecule has 2 aromatic rings. The number of halogens is 1. The number of hydrogen-bond acceptors (Lipinski definition) is 5. The highest BCUT2D eigenvalue weighted by atomic mass is 32.2. The fourth-order valence-corrected chi connectivity index (χ4v) is 3.99. The molecule has 2 aliphatic carbocycles. The maximum Gasteiger partial charge on any atom is 0.237 e. The van der Waals surface area contributed by atoms with E-state index in [1.807, 2.05) is 6.07 Å². The minimum atomic E-state index is -0.467. The van der Waals surface area contributed by atoms with Crippen LogP contribution in [0.15, 0.2) is 29.4 Å². The summed E-state index contributed by atoms with van der Waals surface area (Å²) in [6, 6.07) is 8.62. The summed E-state index contributed by atoms with van der Waals surface area (Å²) in [5, 5.41) is 18.3. The van der Waals surface area contributed by atoms with E-state index in [1.54, 1.807) is 18.2 Å². The molecule has 2 saturated carbocycles. The number of thioether (sulfide) groups is 1. The van der Waals surface area contributed by atoms with Crippen LogP contribution in [0.1, 0.15) is 49.9 Å². The Hall–Kier alpha value is -2.40. The van der Waals surface area contributed by atoms with Crippen molar-refractivity contribution in [2.24, 2.45) is 0 Å². The number of hydrogen-bond donors (Lipinski definition) is 0. The Morgan fingerprint density at radius 2 is 2.07 bits per heavy atom. The van der Waals surface area contributed by atoms with Crippen LogP contribution >= 0.6 is 11.8 Å². The van der Waals surface area contributed by atoms with Gasteiger partial charge in [0.25, 0.3) is 0 Å². The minimum Gasteiger partial charge on any atom is -0.308 e. The Morgan fingerprint density at radius 1 is 1.30 bits per heavy atom. The molecule has 4 rings (SSSR count). The van der Waals surface area contributed by atoms with Crippen LogP contribution in [-0.4, -0.2) is 33.0 Å². The van der Waals surface area contributed by atoms with Crippen LogP contribution in [-0.2, 0) is 4.79 Å². The Bertz CT molecular complexity index is 884. The minimum absolute atomic E-state index is 0.134. The summed E-state index contributed by atoms with van der Waals surface area (Å²) in [6.45, 7) is 0.166. The lowest BCUT2D eigenvalue weighted by atomic mass is 10.2. The molecule has 1 aromatic heterocycles. The van der Waals surface area contributed by atoms with E-state index in [9.17, 15) is 9.18 Å². The van der Waals surface area contributed by atoms with E-state index in [0.717, 1.165) is 36.7 Å². The molecule has 1 aromatic carbocycles. The van der Waals surface area contributed by atoms with Crippen LogP contribution in [0.2, 0.25) is 0 Å². The van der Waals surface area contributed by atoms with Crippen molar-refractivity contribution < 1.29 is 9.18 Å². The van der Waals surface area contributed by atoms with Gasteiger partial charge in [-0.3, -0.25) is 4.79 Å². The molecule has 0 N–H and O–H groups in total. The molecule has 0 atom stereocenters. The van der Waals surface area contributed by atoms with E-state index in [-0.39, 0.29) is 30.3 Å². The fourth-order valence-electron chi connectivity index (χ4n) is 3.10. The van der Waals surface area contributed by atoms with Crippen molar-refractivity contribution in [2.75, 3.05) is 17.2 Å². The number of aromatic nitrogens is 3. The molecule has 0 aliphatic heterocycles. The van der Waals surface area contributed by atoms with Gasteiger partial charge in [-0.2, -0.15) is 5.26 Å². The van der Waals surface area contributed by atoms with E-state index >= 15 is 0 Å². The van der Waals surface area contributed by atoms with Crippen molar-refractivity contribution in [3.8, 4) is 6.07 Å². The fraction of sp³-hybridized carbons (Fsp3) is 0.474. The third-order valence-corrected chi connectivity index (χ3v) is 5.69. The third-order valence-electron chi connectivity index (χ3n) is 4.76. The summed E-state index contributed by atoms with van der Waals surface area (Å²) >= 11 is 1.34. The average molecular weight is 385 g/mol. The largest absolute Gasteiger partial charge is 0.308 e. The zero-order chi connectivity index (χ0) is 18.8. The summed E-state index contributed by atoms with van der Waals surface area (Å²) in [6.07, 6.45) is 4.72. The normalized spacial score (nSPS) is 16.1. The lowest BCUT2D eigenvalue weighted by Crippen LogP contribution is -2.34. The summed E-state index contributed by atoms with van der Waals surface area (Å²) in [5.41, 5.74) is 0.209. The first-order chi connectivity index (χ1) is 13.2. The van der Waals surface area contributed by atoms with Gasteiger partial charge in [0, 0.05) is 18.5 Å². The molecular weight excluding hydrogens is 365 g/mol. The van der Waals surface area contributed by atoms with Crippen LogP contribution in [0.5, 0.6) is 0 Å². The SMILES string of the molecule is N#CCCN(C(=O)CSc1nnc(C2CC2)n1C1CC1)c1ccccc1F. The Kier molecular flexibility index (Phi) is 5.12. The molecule has 2 fully saturated rings. The first-order valence-corrected chi connectivity index (χ1v) is 10.2. The van der Waals surface area contributed by atoms with Gasteiger partial charge in [0.2, 0.25) is 5.91 Å². The van der Waals surface area contributed by atoms with Gasteiger partial charge >= 0.3 is 0 Å². The van der Waals surface area contributed by atoms with Gasteiger partial charge < -0.3 is 9.47 Å². The zero-order valence-electron chi connectivity index (χ0n) is 14.8. The van der Waals surface area contributed by atoms with Crippen molar-refractivity contribution in [2.45, 2.75) is 49.2 Å². The van der Waals surface area contributed by atoms with Crippen LogP contribution in [0.25, 0.3) is 0 Å². The van der Waals surface area contributed by atoms with Crippen LogP contribution in [0, 0.1) is 17.1 Å². The van der Waals surface area contributed by atoms with E-state index in [0.29, 0.717) is 12.0 Å². The molecule has 140 valence electrons. The Balaban J connectivity index is 1.49. The first-order valence-electron chi connectivity index (χ1n) is 9.18. The average Bonchev–Trinajstić information content (AvgIpc) is 3.60. The molecule has 2 aliphatic rings. The number of nitriles is 1. The first kappa shape index (κ1) is 18.0. The highest BCUT2D eigenvalue weighted by molar-refractivity contribution is 7.99. The highest BCUT2D eigenvalue weighted by Crippen LogP contribution is 2.46. The number of nitrogens with zero attached hydrogens (tertiary/aromatic N) is 5. The van der Waals surface area contributed by atoms with Gasteiger partial charge in [0.15, 0.2) is 5.16 Å². The van der Waals surface area contributed by atoms with Crippen molar-refractivity contribution >= 4 is 23.4 Å². The molecule has 1 heterocycles. The Labute approximate surface area is 161 Å². The number of rotatable bonds is 8. The second-order valence-corrected chi connectivity index (χ2v) is 7.85. The summed E-state index contributed by atoms with van der Waals surface area (Å²) < 4.78 is 16.4. The van der Waals surface area contributed by atoms with Gasteiger partial charge in [-0.1, -0.05) is 23.9 Å². The molecular formula is C19H20FN5OS. The summed E-state index contributed by atoms with van der Waals surface area (Å²) in [4.78, 5) is 14.1. The van der Waals surface area contributed by atoms with Gasteiger partial charge in [-0.15, -0.1) is 10.2 Å². The highest BCUT2D eigenvalue weighted by Gasteiger charge is 2.36. The van der Waals surface area contributed by atoms with Gasteiger partial charge in [0.1, 0.15) is 11.6 Å². The molecule has 0 saturated heterocycles. The third kappa shape index (κ3) is 3.98. The van der Waals surface area contributed by atoms with Crippen molar-refractivity contribution in [3.05, 3.63) is 35.9 Å². The van der Waals surface area contributed by atoms with Crippen molar-refractivity contribution in [3.63, 3.8) is 0 Å². The van der Waals surface area contributed by atoms with Crippen molar-refractivity contribution in [1.82, 2.24) is 14.8 Å². The van der Waals surface area contributed by atoms with Crippen LogP contribution in [0.3, 0.4) is 0 Å². The van der Waals surface area contributed by atoms with Gasteiger partial charge in [0.05, 0.1) is 23.9 Å². The van der Waals surface area contributed by atoms with E-state index in [1.165, 1.54) is 22.7 Å². The predicted octanol–water partition coefficient (Wildman–Crippen LogP) is 3.67. The number of para-hydroxylation sites is 1. The van der Waals surface area contributed by atoms with E-state index < -0.39 is 5.82 Å². The van der Waals surface area contributed by atoms with Gasteiger partial charge in [-0.05, 0) is 37.8 Å². The second-order valence-electron chi connectivity index (χ2n) is 6.91. The maximum atomic E-state index is 14.2. The summed E-state index contributed by atoms with van der Waals surface area (Å²) in [7, 11) is 0. The van der Waals surface area contributed by atoms with Crippen LogP contribution < -0.4 is 4.90 Å². The standard InChI is InChI=1S/C19H20FN5OS/c20-15-4-1-2-5-16(15)24(11-3-10-21)17(26)12-27-19-23-22-18(13-6-7-13)25(19)14-8-9-14/h1-2,4-5,13-14H,3,6-9,11-12H2. The van der Waals surface area contributed by atoms with Crippen molar-refractivity contribution in [1.29, 1.82) is 5.26 Å². The molecule has 1 amide bonds. The lowest BCUT2D eigenvalue weighted by Gasteiger charge is -2.22. The number of carbonyl (C=O) groups is 1. The molecule has 0 unspecified atom stereocenters. The maximum absolute atomic E-state index is 14.2. The van der Waals surface area contributed by atoms with E-state index in [4.69, 9.17) is 5.26 Å². The molecule has 27 heavy (non-hydrogen) atoms. The summed E-state index contributed by atoms with van der Waals surface area (Å²) in [5.74, 6) is 0.983. The zero-order valence-corrected chi connectivity index (χ0v) is 15.7. The quantitative estimate of drug-likeness (QED) is 0.648. The predicted molar refractivity (Wildman–Crippen MR) is 100.0 cm³/mol. The number of carbonyl (C=O) groups excluding carboxylic acids is 1. The number of amides is 1. The molecule has 0 spiro atoms. The van der Waals surface area contributed by atoms with Gasteiger partial charge in [-0.25, -0.2) is 4.39 Å². The Morgan fingerprint density at radius 3 is 2.74 bits per heavy atom. The molecule has 0 radical (unpaired) electrons. The second kappa shape index (κ2) is 7.69. The number of benzene rings is 1. The lowest BCUT2D eigenvalue weighted by molar-refractivity contribution is -0.116.